The van der Waals surface area contributed by atoms with E-state index in [9.17, 15) is 9.18 Å². The number of hydrogen-bond donors (Lipinski definition) is 1. The molecular weight excluding hydrogens is 349 g/mol. The maximum atomic E-state index is 13.2. The summed E-state index contributed by atoms with van der Waals surface area (Å²) in [6.45, 7) is 1.92. The maximum Gasteiger partial charge on any atom is 0.239 e. The molecule has 2 aromatic heterocycles. The van der Waals surface area contributed by atoms with Crippen molar-refractivity contribution >= 4 is 23.4 Å². The zero-order valence-corrected chi connectivity index (χ0v) is 14.1. The van der Waals surface area contributed by atoms with Crippen LogP contribution in [0.3, 0.4) is 0 Å². The molecule has 6 nitrogen and oxygen atoms in total. The van der Waals surface area contributed by atoms with Crippen molar-refractivity contribution in [3.05, 3.63) is 52.8 Å². The van der Waals surface area contributed by atoms with Gasteiger partial charge in [-0.1, -0.05) is 41.0 Å². The molecule has 1 aromatic carbocycles. The maximum absolute atomic E-state index is 13.2. The number of hydrogen-bond acceptors (Lipinski definition) is 5. The fourth-order valence-electron chi connectivity index (χ4n) is 2.40. The van der Waals surface area contributed by atoms with Crippen LogP contribution in [-0.2, 0) is 17.6 Å². The number of benzene rings is 1. The summed E-state index contributed by atoms with van der Waals surface area (Å²) >= 11 is 5.67. The van der Waals surface area contributed by atoms with E-state index in [2.05, 4.69) is 15.6 Å². The van der Waals surface area contributed by atoms with Crippen LogP contribution >= 0.6 is 11.6 Å². The van der Waals surface area contributed by atoms with Crippen LogP contribution in [0.2, 0.25) is 5.15 Å². The minimum Gasteiger partial charge on any atom is -0.360 e. The minimum atomic E-state index is -0.338. The highest BCUT2D eigenvalue weighted by atomic mass is 35.5. The largest absolute Gasteiger partial charge is 0.360 e. The summed E-state index contributed by atoms with van der Waals surface area (Å²) in [7, 11) is 0. The molecule has 0 saturated carbocycles. The standard InChI is InChI=1S/C17H15ClFN3O3/c1-2-13-16(10-3-5-11(19)6-4-10)17(25-21-13)20-15(23)8-7-12-9-14(18)22-24-12/h3-6,9H,2,7-8H2,1H3,(H,20,23). The van der Waals surface area contributed by atoms with Gasteiger partial charge in [-0.15, -0.1) is 0 Å². The second-order valence-electron chi connectivity index (χ2n) is 5.36. The van der Waals surface area contributed by atoms with E-state index in [-0.39, 0.29) is 29.2 Å². The highest BCUT2D eigenvalue weighted by Crippen LogP contribution is 2.32. The van der Waals surface area contributed by atoms with Gasteiger partial charge in [0.1, 0.15) is 11.6 Å². The number of aryl methyl sites for hydroxylation is 2. The lowest BCUT2D eigenvalue weighted by molar-refractivity contribution is -0.116. The van der Waals surface area contributed by atoms with Crippen LogP contribution in [0.25, 0.3) is 11.1 Å². The first kappa shape index (κ1) is 17.2. The van der Waals surface area contributed by atoms with Crippen LogP contribution in [-0.4, -0.2) is 16.2 Å². The minimum absolute atomic E-state index is 0.163. The molecular formula is C17H15ClFN3O3. The second-order valence-corrected chi connectivity index (χ2v) is 5.75. The molecule has 3 rings (SSSR count). The summed E-state index contributed by atoms with van der Waals surface area (Å²) < 4.78 is 23.4. The van der Waals surface area contributed by atoms with E-state index in [1.807, 2.05) is 6.92 Å². The van der Waals surface area contributed by atoms with Crippen molar-refractivity contribution < 1.29 is 18.2 Å². The summed E-state index contributed by atoms with van der Waals surface area (Å²) in [4.78, 5) is 12.2. The van der Waals surface area contributed by atoms with Gasteiger partial charge in [-0.2, -0.15) is 0 Å². The van der Waals surface area contributed by atoms with Gasteiger partial charge < -0.3 is 9.05 Å². The molecule has 0 aliphatic carbocycles. The van der Waals surface area contributed by atoms with Gasteiger partial charge in [0.05, 0.1) is 11.3 Å². The Bertz CT molecular complexity index is 874. The molecule has 1 N–H and O–H groups in total. The molecule has 0 bridgehead atoms. The van der Waals surface area contributed by atoms with E-state index >= 15 is 0 Å². The Hall–Kier alpha value is -2.67. The SMILES string of the molecule is CCc1noc(NC(=O)CCc2cc(Cl)no2)c1-c1ccc(F)cc1. The third-order valence-corrected chi connectivity index (χ3v) is 3.79. The number of anilines is 1. The summed E-state index contributed by atoms with van der Waals surface area (Å²) in [6, 6.07) is 7.49. The Morgan fingerprint density at radius 1 is 1.24 bits per heavy atom. The molecule has 25 heavy (non-hydrogen) atoms. The van der Waals surface area contributed by atoms with Gasteiger partial charge in [-0.3, -0.25) is 10.1 Å². The van der Waals surface area contributed by atoms with E-state index in [1.54, 1.807) is 18.2 Å². The first-order valence-electron chi connectivity index (χ1n) is 7.72. The summed E-state index contributed by atoms with van der Waals surface area (Å²) in [5.74, 6) is 0.152. The van der Waals surface area contributed by atoms with E-state index < -0.39 is 0 Å². The van der Waals surface area contributed by atoms with Crippen molar-refractivity contribution in [2.75, 3.05) is 5.32 Å². The summed E-state index contributed by atoms with van der Waals surface area (Å²) in [5.41, 5.74) is 2.05. The quantitative estimate of drug-likeness (QED) is 0.707. The third-order valence-electron chi connectivity index (χ3n) is 3.61. The third kappa shape index (κ3) is 4.06. The van der Waals surface area contributed by atoms with Crippen LogP contribution in [0, 0.1) is 5.82 Å². The highest BCUT2D eigenvalue weighted by molar-refractivity contribution is 6.29. The number of carbonyl (C=O) groups is 1. The van der Waals surface area contributed by atoms with Crippen LogP contribution in [0.5, 0.6) is 0 Å². The van der Waals surface area contributed by atoms with Gasteiger partial charge >= 0.3 is 0 Å². The predicted octanol–water partition coefficient (Wildman–Crippen LogP) is 4.26. The molecule has 1 amide bonds. The molecule has 8 heteroatoms. The molecule has 0 fully saturated rings. The Morgan fingerprint density at radius 2 is 2.00 bits per heavy atom. The highest BCUT2D eigenvalue weighted by Gasteiger charge is 2.19. The second kappa shape index (κ2) is 7.48. The van der Waals surface area contributed by atoms with Crippen molar-refractivity contribution in [2.24, 2.45) is 0 Å². The first-order chi connectivity index (χ1) is 12.1. The number of nitrogens with one attached hydrogen (secondary N) is 1. The topological polar surface area (TPSA) is 81.2 Å². The number of halogens is 2. The van der Waals surface area contributed by atoms with Crippen LogP contribution in [0.4, 0.5) is 10.3 Å². The number of amides is 1. The molecule has 0 atom stereocenters. The van der Waals surface area contributed by atoms with Crippen LogP contribution in [0.1, 0.15) is 24.8 Å². The van der Waals surface area contributed by atoms with Crippen molar-refractivity contribution in [1.29, 1.82) is 0 Å². The van der Waals surface area contributed by atoms with Crippen LogP contribution in [0.15, 0.2) is 39.4 Å². The van der Waals surface area contributed by atoms with Crippen molar-refractivity contribution in [3.63, 3.8) is 0 Å². The Balaban J connectivity index is 1.74. The molecule has 0 radical (unpaired) electrons. The van der Waals surface area contributed by atoms with Gasteiger partial charge in [0.25, 0.3) is 0 Å². The van der Waals surface area contributed by atoms with Gasteiger partial charge in [-0.25, -0.2) is 4.39 Å². The first-order valence-corrected chi connectivity index (χ1v) is 8.10. The monoisotopic (exact) mass is 363 g/mol. The van der Waals surface area contributed by atoms with Crippen LogP contribution < -0.4 is 5.32 Å². The lowest BCUT2D eigenvalue weighted by Crippen LogP contribution is -2.12. The average molecular weight is 364 g/mol. The van der Waals surface area contributed by atoms with Crippen molar-refractivity contribution in [1.82, 2.24) is 10.3 Å². The molecule has 0 aliphatic heterocycles. The number of aromatic nitrogens is 2. The van der Waals surface area contributed by atoms with E-state index in [4.69, 9.17) is 20.6 Å². The molecule has 2 heterocycles. The Labute approximate surface area is 147 Å². The predicted molar refractivity (Wildman–Crippen MR) is 89.7 cm³/mol. The summed E-state index contributed by atoms with van der Waals surface area (Å²) in [5, 5.41) is 10.5. The van der Waals surface area contributed by atoms with Crippen molar-refractivity contribution in [3.8, 4) is 11.1 Å². The molecule has 0 spiro atoms. The lowest BCUT2D eigenvalue weighted by Gasteiger charge is -2.05. The van der Waals surface area contributed by atoms with Gasteiger partial charge in [-0.05, 0) is 24.1 Å². The van der Waals surface area contributed by atoms with Gasteiger partial charge in [0.15, 0.2) is 5.15 Å². The number of rotatable bonds is 6. The summed E-state index contributed by atoms with van der Waals surface area (Å²) in [6.07, 6.45) is 1.13. The fourth-order valence-corrected chi connectivity index (χ4v) is 2.55. The smallest absolute Gasteiger partial charge is 0.239 e. The van der Waals surface area contributed by atoms with E-state index in [0.717, 1.165) is 5.56 Å². The normalized spacial score (nSPS) is 10.8. The molecule has 3 aromatic rings. The number of nitrogens with zero attached hydrogens (tertiary/aromatic N) is 2. The Morgan fingerprint density at radius 3 is 2.64 bits per heavy atom. The Kier molecular flexibility index (Phi) is 5.14. The fraction of sp³-hybridized carbons (Fsp3) is 0.235. The van der Waals surface area contributed by atoms with E-state index in [0.29, 0.717) is 29.9 Å². The molecule has 0 saturated heterocycles. The molecule has 0 aliphatic rings. The van der Waals surface area contributed by atoms with Crippen molar-refractivity contribution in [2.45, 2.75) is 26.2 Å². The lowest BCUT2D eigenvalue weighted by atomic mass is 10.0. The zero-order valence-electron chi connectivity index (χ0n) is 13.4. The zero-order chi connectivity index (χ0) is 17.8. The van der Waals surface area contributed by atoms with Gasteiger partial charge in [0, 0.05) is 18.9 Å². The van der Waals surface area contributed by atoms with E-state index in [1.165, 1.54) is 12.1 Å². The molecule has 0 unspecified atom stereocenters. The molecule has 130 valence electrons. The van der Waals surface area contributed by atoms with Gasteiger partial charge in [0.2, 0.25) is 11.8 Å². The average Bonchev–Trinajstić information content (AvgIpc) is 3.20. The number of carbonyl (C=O) groups excluding carboxylic acids is 1.